The van der Waals surface area contributed by atoms with Gasteiger partial charge in [0.05, 0.1) is 23.9 Å². The number of aromatic nitrogens is 2. The Morgan fingerprint density at radius 1 is 1.10 bits per heavy atom. The van der Waals surface area contributed by atoms with E-state index in [0.29, 0.717) is 18.9 Å². The minimum Gasteiger partial charge on any atom is -0.379 e. The number of morpholine rings is 1. The van der Waals surface area contributed by atoms with Crippen molar-refractivity contribution in [1.82, 2.24) is 14.1 Å². The SMILES string of the molecule is O=C(Nc1cccc(-n2cccn2)c1)c1ccc(Cl)c(S(=O)(=O)N2CCOCC2)c1. The number of anilines is 1. The second-order valence-corrected chi connectivity index (χ2v) is 8.93. The Kier molecular flexibility index (Phi) is 5.87. The van der Waals surface area contributed by atoms with Crippen LogP contribution in [0, 0.1) is 0 Å². The zero-order valence-corrected chi connectivity index (χ0v) is 17.4. The number of ether oxygens (including phenoxy) is 1. The first-order valence-electron chi connectivity index (χ1n) is 9.24. The number of carbonyl (C=O) groups excluding carboxylic acids is 1. The van der Waals surface area contributed by atoms with E-state index >= 15 is 0 Å². The Labute approximate surface area is 179 Å². The van der Waals surface area contributed by atoms with Crippen LogP contribution in [0.4, 0.5) is 5.69 Å². The van der Waals surface area contributed by atoms with E-state index in [9.17, 15) is 13.2 Å². The molecule has 2 aromatic carbocycles. The summed E-state index contributed by atoms with van der Waals surface area (Å²) in [6.07, 6.45) is 3.46. The zero-order chi connectivity index (χ0) is 21.1. The van der Waals surface area contributed by atoms with Crippen LogP contribution in [0.5, 0.6) is 0 Å². The van der Waals surface area contributed by atoms with Crippen molar-refractivity contribution in [2.24, 2.45) is 0 Å². The number of amides is 1. The molecule has 1 aromatic heterocycles. The largest absolute Gasteiger partial charge is 0.379 e. The van der Waals surface area contributed by atoms with Crippen molar-refractivity contribution in [3.63, 3.8) is 0 Å². The number of sulfonamides is 1. The first-order valence-corrected chi connectivity index (χ1v) is 11.1. The highest BCUT2D eigenvalue weighted by molar-refractivity contribution is 7.89. The van der Waals surface area contributed by atoms with E-state index in [0.717, 1.165) is 5.69 Å². The lowest BCUT2D eigenvalue weighted by Crippen LogP contribution is -2.40. The van der Waals surface area contributed by atoms with Crippen molar-refractivity contribution >= 4 is 33.2 Å². The molecule has 0 bridgehead atoms. The van der Waals surface area contributed by atoms with Gasteiger partial charge in [0, 0.05) is 36.7 Å². The summed E-state index contributed by atoms with van der Waals surface area (Å²) in [4.78, 5) is 12.7. The Balaban J connectivity index is 1.58. The van der Waals surface area contributed by atoms with E-state index in [1.165, 1.54) is 22.5 Å². The number of benzene rings is 2. The molecule has 1 aliphatic rings. The van der Waals surface area contributed by atoms with E-state index < -0.39 is 15.9 Å². The molecule has 4 rings (SSSR count). The fraction of sp³-hybridized carbons (Fsp3) is 0.200. The molecule has 1 aliphatic heterocycles. The smallest absolute Gasteiger partial charge is 0.255 e. The number of hydrogen-bond acceptors (Lipinski definition) is 5. The summed E-state index contributed by atoms with van der Waals surface area (Å²) in [7, 11) is -3.83. The average molecular weight is 447 g/mol. The number of hydrogen-bond donors (Lipinski definition) is 1. The lowest BCUT2D eigenvalue weighted by Gasteiger charge is -2.26. The molecule has 0 unspecified atom stereocenters. The molecule has 1 amide bonds. The van der Waals surface area contributed by atoms with Gasteiger partial charge in [-0.25, -0.2) is 13.1 Å². The van der Waals surface area contributed by atoms with E-state index in [4.69, 9.17) is 16.3 Å². The molecule has 0 radical (unpaired) electrons. The van der Waals surface area contributed by atoms with Gasteiger partial charge in [-0.05, 0) is 42.5 Å². The van der Waals surface area contributed by atoms with Gasteiger partial charge < -0.3 is 10.1 Å². The lowest BCUT2D eigenvalue weighted by atomic mass is 10.2. The fourth-order valence-corrected chi connectivity index (χ4v) is 5.03. The van der Waals surface area contributed by atoms with Gasteiger partial charge in [0.25, 0.3) is 5.91 Å². The van der Waals surface area contributed by atoms with Gasteiger partial charge in [-0.2, -0.15) is 9.40 Å². The van der Waals surface area contributed by atoms with Crippen molar-refractivity contribution in [2.75, 3.05) is 31.6 Å². The predicted molar refractivity (Wildman–Crippen MR) is 113 cm³/mol. The molecule has 0 saturated carbocycles. The number of carbonyl (C=O) groups is 1. The molecular weight excluding hydrogens is 428 g/mol. The minimum atomic E-state index is -3.83. The Morgan fingerprint density at radius 3 is 2.63 bits per heavy atom. The second-order valence-electron chi connectivity index (χ2n) is 6.62. The normalized spacial score (nSPS) is 15.1. The van der Waals surface area contributed by atoms with Gasteiger partial charge in [-0.1, -0.05) is 17.7 Å². The van der Waals surface area contributed by atoms with Crippen LogP contribution < -0.4 is 5.32 Å². The van der Waals surface area contributed by atoms with Crippen molar-refractivity contribution in [3.8, 4) is 5.69 Å². The molecule has 156 valence electrons. The summed E-state index contributed by atoms with van der Waals surface area (Å²) in [6, 6.07) is 13.2. The summed E-state index contributed by atoms with van der Waals surface area (Å²) in [5.74, 6) is -0.442. The maximum atomic E-state index is 13.0. The van der Waals surface area contributed by atoms with Crippen molar-refractivity contribution in [2.45, 2.75) is 4.90 Å². The van der Waals surface area contributed by atoms with Crippen LogP contribution in [-0.4, -0.2) is 54.7 Å². The molecule has 8 nitrogen and oxygen atoms in total. The van der Waals surface area contributed by atoms with Crippen LogP contribution in [0.3, 0.4) is 0 Å². The molecule has 1 saturated heterocycles. The first kappa shape index (κ1) is 20.5. The van der Waals surface area contributed by atoms with Crippen LogP contribution >= 0.6 is 11.6 Å². The van der Waals surface area contributed by atoms with Crippen LogP contribution in [-0.2, 0) is 14.8 Å². The van der Waals surface area contributed by atoms with Gasteiger partial charge in [0.2, 0.25) is 10.0 Å². The van der Waals surface area contributed by atoms with E-state index in [-0.39, 0.29) is 28.6 Å². The number of nitrogens with one attached hydrogen (secondary N) is 1. The van der Waals surface area contributed by atoms with E-state index in [2.05, 4.69) is 10.4 Å². The summed E-state index contributed by atoms with van der Waals surface area (Å²) in [5, 5.41) is 7.02. The van der Waals surface area contributed by atoms with Gasteiger partial charge >= 0.3 is 0 Å². The minimum absolute atomic E-state index is 0.0683. The van der Waals surface area contributed by atoms with Crippen LogP contribution in [0.15, 0.2) is 65.8 Å². The molecule has 10 heteroatoms. The van der Waals surface area contributed by atoms with Gasteiger partial charge in [-0.3, -0.25) is 4.79 Å². The van der Waals surface area contributed by atoms with E-state index in [1.807, 2.05) is 6.07 Å². The summed E-state index contributed by atoms with van der Waals surface area (Å²) >= 11 is 6.16. The molecular formula is C20H19ClN4O4S. The fourth-order valence-electron chi connectivity index (χ4n) is 3.12. The number of nitrogens with zero attached hydrogens (tertiary/aromatic N) is 3. The standard InChI is InChI=1S/C20H19ClN4O4S/c21-18-6-5-15(13-19(18)30(27,28)24-9-11-29-12-10-24)20(26)23-16-3-1-4-17(14-16)25-8-2-7-22-25/h1-8,13-14H,9-12H2,(H,23,26). The molecule has 2 heterocycles. The molecule has 0 spiro atoms. The van der Waals surface area contributed by atoms with Crippen LogP contribution in [0.1, 0.15) is 10.4 Å². The van der Waals surface area contributed by atoms with Crippen LogP contribution in [0.2, 0.25) is 5.02 Å². The molecule has 1 fully saturated rings. The Morgan fingerprint density at radius 2 is 1.90 bits per heavy atom. The third-order valence-electron chi connectivity index (χ3n) is 4.65. The molecule has 1 N–H and O–H groups in total. The van der Waals surface area contributed by atoms with Crippen LogP contribution in [0.25, 0.3) is 5.69 Å². The van der Waals surface area contributed by atoms with Gasteiger partial charge in [-0.15, -0.1) is 0 Å². The highest BCUT2D eigenvalue weighted by Gasteiger charge is 2.29. The number of rotatable bonds is 5. The Hall–Kier alpha value is -2.72. The highest BCUT2D eigenvalue weighted by Crippen LogP contribution is 2.27. The van der Waals surface area contributed by atoms with E-state index in [1.54, 1.807) is 41.3 Å². The highest BCUT2D eigenvalue weighted by atomic mass is 35.5. The maximum absolute atomic E-state index is 13.0. The monoisotopic (exact) mass is 446 g/mol. The molecule has 0 atom stereocenters. The molecule has 3 aromatic rings. The number of halogens is 1. The lowest BCUT2D eigenvalue weighted by molar-refractivity contribution is 0.0730. The second kappa shape index (κ2) is 8.57. The third kappa shape index (κ3) is 4.24. The average Bonchev–Trinajstić information content (AvgIpc) is 3.30. The quantitative estimate of drug-likeness (QED) is 0.650. The molecule has 0 aliphatic carbocycles. The van der Waals surface area contributed by atoms with Gasteiger partial charge in [0.15, 0.2) is 0 Å². The summed E-state index contributed by atoms with van der Waals surface area (Å²) in [5.41, 5.74) is 1.53. The molecule has 30 heavy (non-hydrogen) atoms. The van der Waals surface area contributed by atoms with Gasteiger partial charge in [0.1, 0.15) is 4.90 Å². The third-order valence-corrected chi connectivity index (χ3v) is 7.03. The Bertz CT molecular complexity index is 1160. The predicted octanol–water partition coefficient (Wildman–Crippen LogP) is 2.80. The summed E-state index contributed by atoms with van der Waals surface area (Å²) < 4.78 is 34.1. The maximum Gasteiger partial charge on any atom is 0.255 e. The first-order chi connectivity index (χ1) is 14.4. The topological polar surface area (TPSA) is 93.5 Å². The zero-order valence-electron chi connectivity index (χ0n) is 15.9. The van der Waals surface area contributed by atoms with Crippen molar-refractivity contribution < 1.29 is 17.9 Å². The summed E-state index contributed by atoms with van der Waals surface area (Å²) in [6.45, 7) is 1.14. The van der Waals surface area contributed by atoms with Crippen molar-refractivity contribution in [1.29, 1.82) is 0 Å². The van der Waals surface area contributed by atoms with Crippen molar-refractivity contribution in [3.05, 3.63) is 71.5 Å².